The number of hydrogen-bond acceptors (Lipinski definition) is 4. The molecule has 2 N–H and O–H groups in total. The molecule has 0 unspecified atom stereocenters. The highest BCUT2D eigenvalue weighted by Crippen LogP contribution is 2.56. The van der Waals surface area contributed by atoms with Crippen LogP contribution in [0.25, 0.3) is 0 Å². The van der Waals surface area contributed by atoms with Gasteiger partial charge in [-0.1, -0.05) is 51.9 Å². The number of unbranched alkanes of at least 4 members (excludes halogenated alkanes) is 5. The van der Waals surface area contributed by atoms with E-state index in [9.17, 15) is 9.90 Å². The van der Waals surface area contributed by atoms with Crippen LogP contribution in [0.15, 0.2) is 0 Å². The maximum Gasteiger partial charge on any atom is 0.257 e. The molecule has 1 aliphatic carbocycles. The van der Waals surface area contributed by atoms with Crippen molar-refractivity contribution in [2.24, 2.45) is 5.92 Å². The van der Waals surface area contributed by atoms with Gasteiger partial charge in [-0.2, -0.15) is 0 Å². The molecule has 2 aliphatic heterocycles. The lowest BCUT2D eigenvalue weighted by molar-refractivity contribution is -0.221. The van der Waals surface area contributed by atoms with Gasteiger partial charge >= 0.3 is 0 Å². The van der Waals surface area contributed by atoms with Gasteiger partial charge in [0.25, 0.3) is 5.91 Å². The predicted octanol–water partition coefficient (Wildman–Crippen LogP) is 4.76. The summed E-state index contributed by atoms with van der Waals surface area (Å²) >= 11 is 0. The molecular weight excluding hydrogens is 376 g/mol. The van der Waals surface area contributed by atoms with Gasteiger partial charge in [0, 0.05) is 37.1 Å². The summed E-state index contributed by atoms with van der Waals surface area (Å²) < 4.78 is 6.85. The molecule has 5 nitrogen and oxygen atoms in total. The largest absolute Gasteiger partial charge is 0.396 e. The number of carbonyl (C=O) groups excluding carboxylic acids is 1. The fourth-order valence-electron chi connectivity index (χ4n) is 6.71. The van der Waals surface area contributed by atoms with Crippen molar-refractivity contribution in [3.8, 4) is 0 Å². The van der Waals surface area contributed by atoms with Crippen LogP contribution in [-0.4, -0.2) is 51.5 Å². The molecule has 3 fully saturated rings. The molecule has 0 aromatic carbocycles. The molecule has 5 heteroatoms. The van der Waals surface area contributed by atoms with E-state index in [1.165, 1.54) is 44.9 Å². The van der Waals surface area contributed by atoms with Gasteiger partial charge in [0.2, 0.25) is 0 Å². The van der Waals surface area contributed by atoms with Gasteiger partial charge in [0.15, 0.2) is 5.60 Å². The second kappa shape index (κ2) is 9.07. The second-order valence-corrected chi connectivity index (χ2v) is 11.7. The fraction of sp³-hybridized carbons (Fsp3) is 0.960. The van der Waals surface area contributed by atoms with Gasteiger partial charge in [0.1, 0.15) is 5.72 Å². The molecule has 30 heavy (non-hydrogen) atoms. The van der Waals surface area contributed by atoms with E-state index in [4.69, 9.17) is 4.74 Å². The summed E-state index contributed by atoms with van der Waals surface area (Å²) in [4.78, 5) is 15.7. The van der Waals surface area contributed by atoms with Gasteiger partial charge < -0.3 is 20.1 Å². The number of aliphatic hydroxyl groups excluding tert-OH is 1. The van der Waals surface area contributed by atoms with Crippen molar-refractivity contribution in [3.63, 3.8) is 0 Å². The van der Waals surface area contributed by atoms with Crippen LogP contribution in [-0.2, 0) is 9.53 Å². The van der Waals surface area contributed by atoms with Gasteiger partial charge in [-0.05, 0) is 52.9 Å². The van der Waals surface area contributed by atoms with Crippen molar-refractivity contribution >= 4 is 5.91 Å². The van der Waals surface area contributed by atoms with Crippen LogP contribution in [0.3, 0.4) is 0 Å². The molecule has 1 amide bonds. The number of amides is 1. The molecule has 2 spiro atoms. The Morgan fingerprint density at radius 2 is 1.60 bits per heavy atom. The summed E-state index contributed by atoms with van der Waals surface area (Å²) in [5, 5.41) is 13.1. The zero-order valence-electron chi connectivity index (χ0n) is 20.2. The zero-order chi connectivity index (χ0) is 22.0. The number of piperidine rings is 1. The molecule has 3 rings (SSSR count). The van der Waals surface area contributed by atoms with Crippen LogP contribution in [0.5, 0.6) is 0 Å². The fourth-order valence-corrected chi connectivity index (χ4v) is 6.71. The number of nitrogens with one attached hydrogen (secondary N) is 1. The van der Waals surface area contributed by atoms with E-state index in [2.05, 4.69) is 39.9 Å². The first-order valence-corrected chi connectivity index (χ1v) is 12.5. The summed E-state index contributed by atoms with van der Waals surface area (Å²) in [5.74, 6) is 0.829. The lowest BCUT2D eigenvalue weighted by Crippen LogP contribution is -2.65. The molecule has 0 bridgehead atoms. The molecule has 2 saturated heterocycles. The maximum atomic E-state index is 13.7. The minimum Gasteiger partial charge on any atom is -0.396 e. The SMILES string of the molecule is CCCCCCCCC1CC2(C1)OC1(CC(C)(C)NC(C)(C)C1)C(=O)N2CCCO. The topological polar surface area (TPSA) is 61.8 Å². The average Bonchev–Trinajstić information content (AvgIpc) is 2.80. The highest BCUT2D eigenvalue weighted by atomic mass is 16.6. The molecule has 0 atom stereocenters. The Bertz CT molecular complexity index is 579. The second-order valence-electron chi connectivity index (χ2n) is 11.7. The van der Waals surface area contributed by atoms with Crippen LogP contribution >= 0.6 is 0 Å². The Labute approximate surface area is 184 Å². The van der Waals surface area contributed by atoms with Crippen molar-refractivity contribution in [3.05, 3.63) is 0 Å². The van der Waals surface area contributed by atoms with E-state index in [1.54, 1.807) is 0 Å². The number of ether oxygens (including phenoxy) is 1. The number of hydrogen-bond donors (Lipinski definition) is 2. The van der Waals surface area contributed by atoms with Crippen LogP contribution < -0.4 is 5.32 Å². The number of aliphatic hydroxyl groups is 1. The molecule has 0 radical (unpaired) electrons. The van der Waals surface area contributed by atoms with E-state index >= 15 is 0 Å². The minimum atomic E-state index is -0.723. The Morgan fingerprint density at radius 3 is 2.20 bits per heavy atom. The van der Waals surface area contributed by atoms with E-state index < -0.39 is 11.3 Å². The normalized spacial score (nSPS) is 31.5. The Kier molecular flexibility index (Phi) is 7.26. The lowest BCUT2D eigenvalue weighted by Gasteiger charge is -2.52. The third-order valence-electron chi connectivity index (χ3n) is 7.36. The first-order chi connectivity index (χ1) is 14.1. The Balaban J connectivity index is 1.65. The molecule has 0 aromatic rings. The van der Waals surface area contributed by atoms with Gasteiger partial charge in [0.05, 0.1) is 0 Å². The summed E-state index contributed by atoms with van der Waals surface area (Å²) in [6.45, 7) is 11.7. The van der Waals surface area contributed by atoms with Crippen molar-refractivity contribution in [2.75, 3.05) is 13.2 Å². The smallest absolute Gasteiger partial charge is 0.257 e. The van der Waals surface area contributed by atoms with Crippen LogP contribution in [0.4, 0.5) is 0 Å². The quantitative estimate of drug-likeness (QED) is 0.498. The molecule has 0 aromatic heterocycles. The highest BCUT2D eigenvalue weighted by Gasteiger charge is 2.67. The third-order valence-corrected chi connectivity index (χ3v) is 7.36. The molecule has 1 saturated carbocycles. The summed E-state index contributed by atoms with van der Waals surface area (Å²) in [7, 11) is 0. The average molecular weight is 423 g/mol. The molecule has 3 aliphatic rings. The van der Waals surface area contributed by atoms with Crippen molar-refractivity contribution in [1.82, 2.24) is 10.2 Å². The summed E-state index contributed by atoms with van der Waals surface area (Å²) in [6.07, 6.45) is 13.2. The molecule has 2 heterocycles. The maximum absolute atomic E-state index is 13.7. The van der Waals surface area contributed by atoms with E-state index in [1.807, 2.05) is 4.90 Å². The standard InChI is InChI=1S/C25H46N2O3/c1-6-7-8-9-10-11-13-20-16-25(17-20)27(14-12-15-28)21(29)24(30-25)18-22(2,3)26-23(4,5)19-24/h20,26,28H,6-19H2,1-5H3. The first kappa shape index (κ1) is 24.0. The van der Waals surface area contributed by atoms with Crippen molar-refractivity contribution < 1.29 is 14.6 Å². The van der Waals surface area contributed by atoms with Gasteiger partial charge in [-0.15, -0.1) is 0 Å². The Morgan fingerprint density at radius 1 is 1.00 bits per heavy atom. The van der Waals surface area contributed by atoms with Gasteiger partial charge in [-0.3, -0.25) is 4.79 Å². The summed E-state index contributed by atoms with van der Waals surface area (Å²) in [6, 6.07) is 0. The van der Waals surface area contributed by atoms with Gasteiger partial charge in [-0.25, -0.2) is 0 Å². The van der Waals surface area contributed by atoms with Crippen LogP contribution in [0.1, 0.15) is 112 Å². The van der Waals surface area contributed by atoms with Crippen LogP contribution in [0.2, 0.25) is 0 Å². The lowest BCUT2D eigenvalue weighted by atomic mass is 9.72. The highest BCUT2D eigenvalue weighted by molar-refractivity contribution is 5.88. The minimum absolute atomic E-state index is 0.118. The van der Waals surface area contributed by atoms with E-state index in [0.717, 1.165) is 12.8 Å². The molecule has 174 valence electrons. The monoisotopic (exact) mass is 422 g/mol. The zero-order valence-corrected chi connectivity index (χ0v) is 20.2. The van der Waals surface area contributed by atoms with Crippen molar-refractivity contribution in [1.29, 1.82) is 0 Å². The summed E-state index contributed by atoms with van der Waals surface area (Å²) in [5.41, 5.74) is -1.44. The van der Waals surface area contributed by atoms with E-state index in [0.29, 0.717) is 31.7 Å². The number of rotatable bonds is 10. The molecular formula is C25H46N2O3. The predicted molar refractivity (Wildman–Crippen MR) is 121 cm³/mol. The Hall–Kier alpha value is -0.650. The third kappa shape index (κ3) is 5.05. The number of nitrogens with zero attached hydrogens (tertiary/aromatic N) is 1. The van der Waals surface area contributed by atoms with E-state index in [-0.39, 0.29) is 23.6 Å². The van der Waals surface area contributed by atoms with Crippen LogP contribution in [0, 0.1) is 5.92 Å². The first-order valence-electron chi connectivity index (χ1n) is 12.5. The number of carbonyl (C=O) groups is 1. The van der Waals surface area contributed by atoms with Crippen molar-refractivity contribution in [2.45, 2.75) is 134 Å².